The van der Waals surface area contributed by atoms with Gasteiger partial charge in [-0.15, -0.1) is 0 Å². The molecule has 0 saturated carbocycles. The summed E-state index contributed by atoms with van der Waals surface area (Å²) in [6.45, 7) is 0. The first-order valence-corrected chi connectivity index (χ1v) is 6.26. The summed E-state index contributed by atoms with van der Waals surface area (Å²) in [6.07, 6.45) is 7.09. The van der Waals surface area contributed by atoms with Crippen LogP contribution in [0.4, 0.5) is 5.82 Å². The van der Waals surface area contributed by atoms with Crippen molar-refractivity contribution in [3.05, 3.63) is 24.8 Å². The van der Waals surface area contributed by atoms with E-state index in [0.29, 0.717) is 11.6 Å². The summed E-state index contributed by atoms with van der Waals surface area (Å²) in [7, 11) is 1.81. The fourth-order valence-corrected chi connectivity index (χ4v) is 2.18. The van der Waals surface area contributed by atoms with Gasteiger partial charge in [-0.2, -0.15) is 12.6 Å². The highest BCUT2D eigenvalue weighted by Gasteiger charge is 2.22. The van der Waals surface area contributed by atoms with Crippen LogP contribution in [-0.4, -0.2) is 38.4 Å². The normalized spacial score (nSPS) is 22.8. The van der Waals surface area contributed by atoms with Crippen molar-refractivity contribution in [1.29, 1.82) is 0 Å². The van der Waals surface area contributed by atoms with Gasteiger partial charge in [-0.25, -0.2) is 15.0 Å². The van der Waals surface area contributed by atoms with Crippen LogP contribution in [0.25, 0.3) is 11.2 Å². The lowest BCUT2D eigenvalue weighted by Crippen LogP contribution is -2.13. The molecule has 0 bridgehead atoms. The Morgan fingerprint density at radius 1 is 1.39 bits per heavy atom. The largest absolute Gasteiger partial charge is 0.371 e. The average molecular weight is 263 g/mol. The fraction of sp³-hybridized carbons (Fsp3) is 0.364. The molecular formula is C11H13N5OS. The molecule has 3 heterocycles. The summed E-state index contributed by atoms with van der Waals surface area (Å²) in [5.74, 6) is 1.38. The first-order valence-electron chi connectivity index (χ1n) is 5.63. The first kappa shape index (κ1) is 11.5. The molecule has 3 rings (SSSR count). The molecule has 1 N–H and O–H groups in total. The van der Waals surface area contributed by atoms with E-state index in [4.69, 9.17) is 4.74 Å². The highest BCUT2D eigenvalue weighted by Crippen LogP contribution is 2.26. The van der Waals surface area contributed by atoms with Crippen LogP contribution < -0.4 is 5.32 Å². The summed E-state index contributed by atoms with van der Waals surface area (Å²) in [5, 5.41) is 3.00. The molecule has 18 heavy (non-hydrogen) atoms. The van der Waals surface area contributed by atoms with Gasteiger partial charge in [-0.1, -0.05) is 6.08 Å². The molecule has 7 heteroatoms. The Balaban J connectivity index is 2.01. The predicted molar refractivity (Wildman–Crippen MR) is 71.8 cm³/mol. The minimum atomic E-state index is -0.174. The Morgan fingerprint density at radius 3 is 3.00 bits per heavy atom. The predicted octanol–water partition coefficient (Wildman–Crippen LogP) is 1.25. The van der Waals surface area contributed by atoms with Crippen LogP contribution in [0.1, 0.15) is 6.23 Å². The fourth-order valence-electron chi connectivity index (χ4n) is 1.97. The Kier molecular flexibility index (Phi) is 2.92. The zero-order chi connectivity index (χ0) is 12.5. The Morgan fingerprint density at radius 2 is 2.28 bits per heavy atom. The zero-order valence-electron chi connectivity index (χ0n) is 9.82. The summed E-state index contributed by atoms with van der Waals surface area (Å²) in [4.78, 5) is 12.7. The van der Waals surface area contributed by atoms with Crippen LogP contribution in [0.5, 0.6) is 0 Å². The van der Waals surface area contributed by atoms with E-state index in [0.717, 1.165) is 11.2 Å². The molecule has 2 aromatic heterocycles. The van der Waals surface area contributed by atoms with Crippen molar-refractivity contribution in [2.75, 3.05) is 18.1 Å². The number of hydrogen-bond donors (Lipinski definition) is 2. The van der Waals surface area contributed by atoms with E-state index in [1.165, 1.54) is 6.33 Å². The van der Waals surface area contributed by atoms with Crippen LogP contribution in [0.15, 0.2) is 24.8 Å². The molecule has 0 saturated heterocycles. The number of fused-ring (bicyclic) bond motifs is 1. The van der Waals surface area contributed by atoms with Crippen LogP contribution >= 0.6 is 12.6 Å². The van der Waals surface area contributed by atoms with Gasteiger partial charge >= 0.3 is 0 Å². The van der Waals surface area contributed by atoms with E-state index < -0.39 is 0 Å². The van der Waals surface area contributed by atoms with Gasteiger partial charge in [0.15, 0.2) is 17.7 Å². The lowest BCUT2D eigenvalue weighted by Gasteiger charge is -2.14. The van der Waals surface area contributed by atoms with Gasteiger partial charge in [0.25, 0.3) is 0 Å². The molecule has 0 radical (unpaired) electrons. The van der Waals surface area contributed by atoms with Crippen molar-refractivity contribution >= 4 is 29.6 Å². The summed E-state index contributed by atoms with van der Waals surface area (Å²) in [6, 6.07) is 0. The van der Waals surface area contributed by atoms with E-state index in [1.807, 2.05) is 23.8 Å². The molecular weight excluding hydrogens is 250 g/mol. The van der Waals surface area contributed by atoms with E-state index in [9.17, 15) is 0 Å². The highest BCUT2D eigenvalue weighted by molar-refractivity contribution is 7.80. The molecule has 2 atom stereocenters. The molecule has 0 aromatic carbocycles. The standard InChI is InChI=1S/C11H13N5OS/c1-12-10-9-11(14-5-13-10)16(6-15-9)8-3-2-7(4-18)17-8/h2-3,5-8,18H,4H2,1H3,(H,12,13,14). The summed E-state index contributed by atoms with van der Waals surface area (Å²) in [5.41, 5.74) is 1.50. The maximum absolute atomic E-state index is 5.79. The Hall–Kier alpha value is -1.60. The van der Waals surface area contributed by atoms with Gasteiger partial charge in [0.05, 0.1) is 12.4 Å². The molecule has 2 unspecified atom stereocenters. The van der Waals surface area contributed by atoms with Gasteiger partial charge in [-0.05, 0) is 6.08 Å². The number of ether oxygens (including phenoxy) is 1. The second kappa shape index (κ2) is 4.58. The zero-order valence-corrected chi connectivity index (χ0v) is 10.7. The third kappa shape index (κ3) is 1.75. The number of aromatic nitrogens is 4. The summed E-state index contributed by atoms with van der Waals surface area (Å²) >= 11 is 4.22. The van der Waals surface area contributed by atoms with Crippen molar-refractivity contribution in [3.8, 4) is 0 Å². The van der Waals surface area contributed by atoms with Crippen LogP contribution in [0.3, 0.4) is 0 Å². The maximum Gasteiger partial charge on any atom is 0.167 e. The van der Waals surface area contributed by atoms with Gasteiger partial charge in [0, 0.05) is 12.8 Å². The number of anilines is 1. The van der Waals surface area contributed by atoms with E-state index in [1.54, 1.807) is 6.33 Å². The van der Waals surface area contributed by atoms with Crippen molar-refractivity contribution in [2.24, 2.45) is 0 Å². The molecule has 94 valence electrons. The average Bonchev–Trinajstić information content (AvgIpc) is 3.03. The topological polar surface area (TPSA) is 64.9 Å². The van der Waals surface area contributed by atoms with E-state index in [2.05, 4.69) is 32.9 Å². The van der Waals surface area contributed by atoms with Gasteiger partial charge in [0.1, 0.15) is 11.8 Å². The second-order valence-corrected chi connectivity index (χ2v) is 4.29. The van der Waals surface area contributed by atoms with E-state index in [-0.39, 0.29) is 12.3 Å². The van der Waals surface area contributed by atoms with Crippen molar-refractivity contribution in [1.82, 2.24) is 19.5 Å². The SMILES string of the molecule is CNc1ncnc2c1ncn2C1C=CC(CS)O1. The number of nitrogens with zero attached hydrogens (tertiary/aromatic N) is 4. The third-order valence-corrected chi connectivity index (χ3v) is 3.21. The van der Waals surface area contributed by atoms with Crippen molar-refractivity contribution in [2.45, 2.75) is 12.3 Å². The van der Waals surface area contributed by atoms with E-state index >= 15 is 0 Å². The number of thiol groups is 1. The van der Waals surface area contributed by atoms with Gasteiger partial charge in [0.2, 0.25) is 0 Å². The molecule has 0 fully saturated rings. The number of imidazole rings is 1. The quantitative estimate of drug-likeness (QED) is 0.644. The number of nitrogens with one attached hydrogen (secondary N) is 1. The molecule has 2 aromatic rings. The Bertz CT molecular complexity index is 596. The molecule has 0 aliphatic carbocycles. The highest BCUT2D eigenvalue weighted by atomic mass is 32.1. The molecule has 0 spiro atoms. The molecule has 6 nitrogen and oxygen atoms in total. The van der Waals surface area contributed by atoms with Crippen LogP contribution in [0.2, 0.25) is 0 Å². The molecule has 1 aliphatic rings. The summed E-state index contributed by atoms with van der Waals surface area (Å²) < 4.78 is 7.68. The van der Waals surface area contributed by atoms with Gasteiger partial charge < -0.3 is 10.1 Å². The smallest absolute Gasteiger partial charge is 0.167 e. The minimum absolute atomic E-state index is 0.0430. The minimum Gasteiger partial charge on any atom is -0.371 e. The van der Waals surface area contributed by atoms with Crippen molar-refractivity contribution < 1.29 is 4.74 Å². The van der Waals surface area contributed by atoms with Crippen LogP contribution in [0, 0.1) is 0 Å². The maximum atomic E-state index is 5.79. The monoisotopic (exact) mass is 263 g/mol. The first-order chi connectivity index (χ1) is 8.83. The lowest BCUT2D eigenvalue weighted by atomic mass is 10.4. The lowest BCUT2D eigenvalue weighted by molar-refractivity contribution is 0.0321. The van der Waals surface area contributed by atoms with Crippen LogP contribution in [-0.2, 0) is 4.74 Å². The number of rotatable bonds is 3. The third-order valence-electron chi connectivity index (χ3n) is 2.85. The van der Waals surface area contributed by atoms with Gasteiger partial charge in [-0.3, -0.25) is 4.57 Å². The second-order valence-electron chi connectivity index (χ2n) is 3.93. The van der Waals surface area contributed by atoms with Crippen molar-refractivity contribution in [3.63, 3.8) is 0 Å². The molecule has 1 aliphatic heterocycles. The Labute approximate surface area is 110 Å². The number of hydrogen-bond acceptors (Lipinski definition) is 6. The molecule has 0 amide bonds.